The average molecular weight is 428 g/mol. The van der Waals surface area contributed by atoms with Crippen molar-refractivity contribution in [3.8, 4) is 5.75 Å². The van der Waals surface area contributed by atoms with Crippen LogP contribution in [0.5, 0.6) is 5.75 Å². The first-order valence-electron chi connectivity index (χ1n) is 10.4. The van der Waals surface area contributed by atoms with Crippen molar-refractivity contribution in [3.05, 3.63) is 106 Å². The van der Waals surface area contributed by atoms with Gasteiger partial charge < -0.3 is 19.9 Å². The summed E-state index contributed by atoms with van der Waals surface area (Å²) in [5.74, 6) is 0.746. The number of rotatable bonds is 6. The van der Waals surface area contributed by atoms with Crippen molar-refractivity contribution in [2.75, 3.05) is 12.4 Å². The second kappa shape index (κ2) is 9.39. The van der Waals surface area contributed by atoms with Crippen molar-refractivity contribution in [1.82, 2.24) is 9.88 Å². The van der Waals surface area contributed by atoms with E-state index < -0.39 is 0 Å². The van der Waals surface area contributed by atoms with Crippen LogP contribution in [0.15, 0.2) is 83.7 Å². The molecule has 4 rings (SSSR count). The second-order valence-electron chi connectivity index (χ2n) is 7.71. The van der Waals surface area contributed by atoms with Gasteiger partial charge in [-0.15, -0.1) is 0 Å². The minimum Gasteiger partial charge on any atom is -0.497 e. The zero-order valence-corrected chi connectivity index (χ0v) is 18.1. The number of anilines is 1. The van der Waals surface area contributed by atoms with Crippen molar-refractivity contribution >= 4 is 22.6 Å². The van der Waals surface area contributed by atoms with Crippen molar-refractivity contribution in [2.24, 2.45) is 0 Å². The van der Waals surface area contributed by atoms with E-state index in [2.05, 4.69) is 10.3 Å². The Bertz CT molecular complexity index is 1280. The number of aromatic amines is 1. The molecule has 3 aromatic carbocycles. The molecule has 0 saturated carbocycles. The summed E-state index contributed by atoms with van der Waals surface area (Å²) in [6, 6.07) is 24.3. The minimum absolute atomic E-state index is 0.171. The van der Waals surface area contributed by atoms with Gasteiger partial charge in [0.25, 0.3) is 5.56 Å². The fraction of sp³-hybridized carbons (Fsp3) is 0.154. The van der Waals surface area contributed by atoms with Gasteiger partial charge in [0.2, 0.25) is 0 Å². The Kier molecular flexibility index (Phi) is 6.22. The van der Waals surface area contributed by atoms with E-state index in [9.17, 15) is 9.59 Å². The molecule has 1 heterocycles. The van der Waals surface area contributed by atoms with E-state index in [1.807, 2.05) is 85.8 Å². The maximum Gasteiger partial charge on any atom is 0.322 e. The molecular formula is C26H25N3O3. The Labute approximate surface area is 186 Å². The van der Waals surface area contributed by atoms with E-state index in [0.717, 1.165) is 27.8 Å². The number of para-hydroxylation sites is 1. The summed E-state index contributed by atoms with van der Waals surface area (Å²) in [6.07, 6.45) is 0. The molecule has 4 aromatic rings. The standard InChI is InChI=1S/C26H25N3O3/c1-18-8-13-24-20(14-18)15-21(25(30)28-24)17-29(16-19-9-11-23(32-2)12-10-19)26(31)27-22-6-4-3-5-7-22/h3-15H,16-17H2,1-2H3,(H,27,31)(H,28,30). The van der Waals surface area contributed by atoms with Gasteiger partial charge >= 0.3 is 6.03 Å². The molecule has 6 nitrogen and oxygen atoms in total. The van der Waals surface area contributed by atoms with Gasteiger partial charge in [-0.1, -0.05) is 42.0 Å². The zero-order chi connectivity index (χ0) is 22.5. The maximum atomic E-state index is 13.2. The summed E-state index contributed by atoms with van der Waals surface area (Å²) < 4.78 is 5.22. The van der Waals surface area contributed by atoms with E-state index in [-0.39, 0.29) is 18.1 Å². The molecule has 2 amide bonds. The Morgan fingerprint density at radius 1 is 0.969 bits per heavy atom. The van der Waals surface area contributed by atoms with Gasteiger partial charge in [0.15, 0.2) is 0 Å². The van der Waals surface area contributed by atoms with Gasteiger partial charge in [0.05, 0.1) is 13.7 Å². The van der Waals surface area contributed by atoms with E-state index in [4.69, 9.17) is 4.74 Å². The van der Waals surface area contributed by atoms with Crippen molar-refractivity contribution in [3.63, 3.8) is 0 Å². The van der Waals surface area contributed by atoms with E-state index >= 15 is 0 Å². The number of hydrogen-bond acceptors (Lipinski definition) is 3. The average Bonchev–Trinajstić information content (AvgIpc) is 2.80. The predicted octanol–water partition coefficient (Wildman–Crippen LogP) is 5.08. The van der Waals surface area contributed by atoms with Crippen molar-refractivity contribution < 1.29 is 9.53 Å². The molecule has 32 heavy (non-hydrogen) atoms. The first-order valence-corrected chi connectivity index (χ1v) is 10.4. The summed E-state index contributed by atoms with van der Waals surface area (Å²) in [6.45, 7) is 2.52. The highest BCUT2D eigenvalue weighted by Crippen LogP contribution is 2.18. The van der Waals surface area contributed by atoms with Crippen LogP contribution in [0.25, 0.3) is 10.9 Å². The Morgan fingerprint density at radius 2 is 1.72 bits per heavy atom. The molecule has 0 aliphatic rings. The molecule has 0 bridgehead atoms. The van der Waals surface area contributed by atoms with Gasteiger partial charge in [-0.3, -0.25) is 4.79 Å². The van der Waals surface area contributed by atoms with Gasteiger partial charge in [-0.2, -0.15) is 0 Å². The highest BCUT2D eigenvalue weighted by Gasteiger charge is 2.17. The number of nitrogens with zero attached hydrogens (tertiary/aromatic N) is 1. The normalized spacial score (nSPS) is 10.7. The molecule has 6 heteroatoms. The fourth-order valence-corrected chi connectivity index (χ4v) is 3.57. The van der Waals surface area contributed by atoms with Crippen LogP contribution in [0.3, 0.4) is 0 Å². The molecule has 0 fully saturated rings. The van der Waals surface area contributed by atoms with Crippen LogP contribution in [0, 0.1) is 6.92 Å². The third-order valence-corrected chi connectivity index (χ3v) is 5.28. The number of aryl methyl sites for hydroxylation is 1. The fourth-order valence-electron chi connectivity index (χ4n) is 3.57. The van der Waals surface area contributed by atoms with E-state index in [1.54, 1.807) is 12.0 Å². The van der Waals surface area contributed by atoms with Gasteiger partial charge in [0, 0.05) is 23.3 Å². The molecule has 0 saturated heterocycles. The number of urea groups is 1. The Balaban J connectivity index is 1.64. The number of amides is 2. The second-order valence-corrected chi connectivity index (χ2v) is 7.71. The highest BCUT2D eigenvalue weighted by molar-refractivity contribution is 5.89. The highest BCUT2D eigenvalue weighted by atomic mass is 16.5. The maximum absolute atomic E-state index is 13.2. The van der Waals surface area contributed by atoms with Gasteiger partial charge in [-0.05, 0) is 60.3 Å². The molecule has 0 aliphatic carbocycles. The monoisotopic (exact) mass is 427 g/mol. The van der Waals surface area contributed by atoms with Crippen molar-refractivity contribution in [1.29, 1.82) is 0 Å². The lowest BCUT2D eigenvalue weighted by atomic mass is 10.1. The quantitative estimate of drug-likeness (QED) is 0.451. The molecular weight excluding hydrogens is 402 g/mol. The Hall–Kier alpha value is -4.06. The summed E-state index contributed by atoms with van der Waals surface area (Å²) in [4.78, 5) is 30.4. The predicted molar refractivity (Wildman–Crippen MR) is 127 cm³/mol. The topological polar surface area (TPSA) is 74.4 Å². The number of hydrogen-bond donors (Lipinski definition) is 2. The largest absolute Gasteiger partial charge is 0.497 e. The number of pyridine rings is 1. The SMILES string of the molecule is COc1ccc(CN(Cc2cc3cc(C)ccc3[nH]c2=O)C(=O)Nc2ccccc2)cc1. The molecule has 0 unspecified atom stereocenters. The summed E-state index contributed by atoms with van der Waals surface area (Å²) in [7, 11) is 1.61. The minimum atomic E-state index is -0.282. The summed E-state index contributed by atoms with van der Waals surface area (Å²) >= 11 is 0. The van der Waals surface area contributed by atoms with Crippen LogP contribution < -0.4 is 15.6 Å². The van der Waals surface area contributed by atoms with E-state index in [0.29, 0.717) is 17.8 Å². The number of H-pyrrole nitrogens is 1. The summed E-state index contributed by atoms with van der Waals surface area (Å²) in [5.41, 5.74) is 3.84. The first kappa shape index (κ1) is 21.2. The lowest BCUT2D eigenvalue weighted by molar-refractivity contribution is 0.206. The zero-order valence-electron chi connectivity index (χ0n) is 18.1. The van der Waals surface area contributed by atoms with Crippen LogP contribution in [0.4, 0.5) is 10.5 Å². The number of ether oxygens (including phenoxy) is 1. The molecule has 0 atom stereocenters. The number of benzene rings is 3. The number of nitrogens with one attached hydrogen (secondary N) is 2. The third-order valence-electron chi connectivity index (χ3n) is 5.28. The number of carbonyl (C=O) groups is 1. The van der Waals surface area contributed by atoms with Gasteiger partial charge in [-0.25, -0.2) is 4.79 Å². The van der Waals surface area contributed by atoms with E-state index in [1.165, 1.54) is 0 Å². The summed E-state index contributed by atoms with van der Waals surface area (Å²) in [5, 5.41) is 3.86. The van der Waals surface area contributed by atoms with Crippen LogP contribution in [-0.4, -0.2) is 23.0 Å². The smallest absolute Gasteiger partial charge is 0.322 e. The lowest BCUT2D eigenvalue weighted by Crippen LogP contribution is -2.35. The van der Waals surface area contributed by atoms with Crippen molar-refractivity contribution in [2.45, 2.75) is 20.0 Å². The first-order chi connectivity index (χ1) is 15.5. The molecule has 1 aromatic heterocycles. The molecule has 2 N–H and O–H groups in total. The number of carbonyl (C=O) groups excluding carboxylic acids is 1. The Morgan fingerprint density at radius 3 is 2.44 bits per heavy atom. The van der Waals surface area contributed by atoms with Crippen LogP contribution in [0.1, 0.15) is 16.7 Å². The van der Waals surface area contributed by atoms with Gasteiger partial charge in [0.1, 0.15) is 5.75 Å². The molecule has 0 radical (unpaired) electrons. The molecule has 162 valence electrons. The third kappa shape index (κ3) is 4.98. The van der Waals surface area contributed by atoms with Crippen LogP contribution in [-0.2, 0) is 13.1 Å². The molecule has 0 aliphatic heterocycles. The number of fused-ring (bicyclic) bond motifs is 1. The van der Waals surface area contributed by atoms with Crippen LogP contribution >= 0.6 is 0 Å². The lowest BCUT2D eigenvalue weighted by Gasteiger charge is -2.23. The van der Waals surface area contributed by atoms with Crippen LogP contribution in [0.2, 0.25) is 0 Å². The number of methoxy groups -OCH3 is 1. The molecule has 0 spiro atoms. The number of aromatic nitrogens is 1.